The van der Waals surface area contributed by atoms with Crippen LogP contribution in [0.3, 0.4) is 0 Å². The van der Waals surface area contributed by atoms with E-state index < -0.39 is 0 Å². The zero-order valence-corrected chi connectivity index (χ0v) is 10.7. The van der Waals surface area contributed by atoms with Crippen LogP contribution in [-0.2, 0) is 19.1 Å². The van der Waals surface area contributed by atoms with E-state index in [0.717, 1.165) is 12.8 Å². The van der Waals surface area contributed by atoms with Gasteiger partial charge in [-0.25, -0.2) is 9.59 Å². The van der Waals surface area contributed by atoms with Gasteiger partial charge >= 0.3 is 11.9 Å². The first kappa shape index (κ1) is 13.7. The minimum absolute atomic E-state index is 0.0715. The van der Waals surface area contributed by atoms with Crippen molar-refractivity contribution < 1.29 is 19.1 Å². The molecule has 1 aliphatic carbocycles. The van der Waals surface area contributed by atoms with Gasteiger partial charge in [-0.3, -0.25) is 0 Å². The minimum Gasteiger partial charge on any atom is -0.463 e. The van der Waals surface area contributed by atoms with Gasteiger partial charge in [0.25, 0.3) is 0 Å². The maximum Gasteiger partial charge on any atom is 0.334 e. The van der Waals surface area contributed by atoms with Crippen molar-refractivity contribution in [2.45, 2.75) is 40.0 Å². The number of hydrogen-bond acceptors (Lipinski definition) is 4. The van der Waals surface area contributed by atoms with Gasteiger partial charge in [-0.05, 0) is 39.0 Å². The summed E-state index contributed by atoms with van der Waals surface area (Å²) in [6.07, 6.45) is 2.44. The molecule has 4 heteroatoms. The third-order valence-corrected chi connectivity index (χ3v) is 2.90. The van der Waals surface area contributed by atoms with Crippen molar-refractivity contribution in [3.63, 3.8) is 0 Å². The van der Waals surface area contributed by atoms with Gasteiger partial charge in [0.15, 0.2) is 0 Å². The number of esters is 2. The second-order valence-electron chi connectivity index (χ2n) is 4.13. The molecule has 0 amide bonds. The molecule has 1 unspecified atom stereocenters. The molecule has 1 aliphatic rings. The van der Waals surface area contributed by atoms with Crippen LogP contribution in [0.5, 0.6) is 0 Å². The molecule has 0 radical (unpaired) electrons. The lowest BCUT2D eigenvalue weighted by atomic mass is 9.84. The molecule has 0 fully saturated rings. The van der Waals surface area contributed by atoms with Gasteiger partial charge in [-0.2, -0.15) is 0 Å². The van der Waals surface area contributed by atoms with E-state index in [4.69, 9.17) is 9.47 Å². The monoisotopic (exact) mass is 240 g/mol. The Morgan fingerprint density at radius 3 is 2.35 bits per heavy atom. The summed E-state index contributed by atoms with van der Waals surface area (Å²) in [5.74, 6) is -0.674. The fourth-order valence-electron chi connectivity index (χ4n) is 2.12. The molecule has 1 atom stereocenters. The van der Waals surface area contributed by atoms with E-state index in [1.165, 1.54) is 0 Å². The predicted octanol–water partition coefficient (Wildman–Crippen LogP) is 2.23. The predicted molar refractivity (Wildman–Crippen MR) is 63.3 cm³/mol. The molecule has 96 valence electrons. The van der Waals surface area contributed by atoms with E-state index in [0.29, 0.717) is 30.8 Å². The van der Waals surface area contributed by atoms with Crippen molar-refractivity contribution in [3.05, 3.63) is 11.1 Å². The molecule has 0 saturated heterocycles. The molecule has 0 heterocycles. The third-order valence-electron chi connectivity index (χ3n) is 2.90. The van der Waals surface area contributed by atoms with Crippen molar-refractivity contribution in [2.75, 3.05) is 13.2 Å². The van der Waals surface area contributed by atoms with Crippen LogP contribution < -0.4 is 0 Å². The van der Waals surface area contributed by atoms with Crippen LogP contribution in [0.4, 0.5) is 0 Å². The van der Waals surface area contributed by atoms with Gasteiger partial charge in [0.05, 0.1) is 18.8 Å². The van der Waals surface area contributed by atoms with Gasteiger partial charge in [0.1, 0.15) is 0 Å². The maximum absolute atomic E-state index is 11.8. The molecule has 4 nitrogen and oxygen atoms in total. The largest absolute Gasteiger partial charge is 0.463 e. The van der Waals surface area contributed by atoms with Crippen LogP contribution >= 0.6 is 0 Å². The van der Waals surface area contributed by atoms with Crippen molar-refractivity contribution >= 4 is 11.9 Å². The molecule has 0 saturated carbocycles. The Morgan fingerprint density at radius 2 is 1.76 bits per heavy atom. The zero-order valence-electron chi connectivity index (χ0n) is 10.7. The summed E-state index contributed by atoms with van der Waals surface area (Å²) in [4.78, 5) is 23.6. The molecule has 0 aromatic rings. The molecular weight excluding hydrogens is 220 g/mol. The summed E-state index contributed by atoms with van der Waals surface area (Å²) in [5.41, 5.74) is 1.01. The van der Waals surface area contributed by atoms with E-state index in [9.17, 15) is 9.59 Å². The number of carbonyl (C=O) groups is 2. The lowest BCUT2D eigenvalue weighted by Crippen LogP contribution is -2.24. The standard InChI is InChI=1S/C13H20O4/c1-4-16-12(14)10-8-6-7-9(3)11(10)13(15)17-5-2/h9H,4-8H2,1-3H3. The number of ether oxygens (including phenoxy) is 2. The first-order valence-electron chi connectivity index (χ1n) is 6.19. The van der Waals surface area contributed by atoms with Gasteiger partial charge in [0.2, 0.25) is 0 Å². The van der Waals surface area contributed by atoms with Crippen molar-refractivity contribution in [1.82, 2.24) is 0 Å². The van der Waals surface area contributed by atoms with E-state index >= 15 is 0 Å². The second-order valence-corrected chi connectivity index (χ2v) is 4.13. The lowest BCUT2D eigenvalue weighted by Gasteiger charge is -2.23. The van der Waals surface area contributed by atoms with Crippen LogP contribution in [0.15, 0.2) is 11.1 Å². The smallest absolute Gasteiger partial charge is 0.334 e. The highest BCUT2D eigenvalue weighted by molar-refractivity contribution is 6.01. The molecule has 0 bridgehead atoms. The SMILES string of the molecule is CCOC(=O)C1=C(C(=O)OCC)C(C)CCC1. The van der Waals surface area contributed by atoms with Gasteiger partial charge in [-0.15, -0.1) is 0 Å². The van der Waals surface area contributed by atoms with Crippen molar-refractivity contribution in [2.24, 2.45) is 5.92 Å². The quantitative estimate of drug-likeness (QED) is 0.707. The topological polar surface area (TPSA) is 52.6 Å². The molecule has 0 spiro atoms. The van der Waals surface area contributed by atoms with Crippen molar-refractivity contribution in [1.29, 1.82) is 0 Å². The van der Waals surface area contributed by atoms with Gasteiger partial charge in [-0.1, -0.05) is 6.92 Å². The first-order valence-corrected chi connectivity index (χ1v) is 6.19. The fraction of sp³-hybridized carbons (Fsp3) is 0.692. The van der Waals surface area contributed by atoms with E-state index in [1.807, 2.05) is 6.92 Å². The highest BCUT2D eigenvalue weighted by Crippen LogP contribution is 2.31. The van der Waals surface area contributed by atoms with Crippen LogP contribution in [0.25, 0.3) is 0 Å². The summed E-state index contributed by atoms with van der Waals surface area (Å²) >= 11 is 0. The Kier molecular flexibility index (Phi) is 5.19. The second kappa shape index (κ2) is 6.42. The lowest BCUT2D eigenvalue weighted by molar-refractivity contribution is -0.142. The molecule has 0 aromatic heterocycles. The average molecular weight is 240 g/mol. The molecule has 0 N–H and O–H groups in total. The Bertz CT molecular complexity index is 330. The first-order chi connectivity index (χ1) is 8.11. The molecule has 1 rings (SSSR count). The van der Waals surface area contributed by atoms with E-state index in [1.54, 1.807) is 13.8 Å². The Morgan fingerprint density at radius 1 is 1.18 bits per heavy atom. The molecule has 17 heavy (non-hydrogen) atoms. The van der Waals surface area contributed by atoms with Crippen LogP contribution in [0.1, 0.15) is 40.0 Å². The van der Waals surface area contributed by atoms with Crippen LogP contribution in [0.2, 0.25) is 0 Å². The van der Waals surface area contributed by atoms with E-state index in [-0.39, 0.29) is 17.9 Å². The van der Waals surface area contributed by atoms with Crippen LogP contribution in [-0.4, -0.2) is 25.2 Å². The number of carbonyl (C=O) groups excluding carboxylic acids is 2. The fourth-order valence-corrected chi connectivity index (χ4v) is 2.12. The number of hydrogen-bond donors (Lipinski definition) is 0. The van der Waals surface area contributed by atoms with Crippen molar-refractivity contribution in [3.8, 4) is 0 Å². The third kappa shape index (κ3) is 3.32. The minimum atomic E-state index is -0.373. The Labute approximate surface area is 102 Å². The summed E-state index contributed by atoms with van der Waals surface area (Å²) < 4.78 is 9.99. The molecule has 0 aliphatic heterocycles. The van der Waals surface area contributed by atoms with Gasteiger partial charge < -0.3 is 9.47 Å². The number of rotatable bonds is 4. The zero-order chi connectivity index (χ0) is 12.8. The molecular formula is C13H20O4. The molecule has 0 aromatic carbocycles. The summed E-state index contributed by atoms with van der Waals surface area (Å²) in [5, 5.41) is 0. The normalized spacial score (nSPS) is 20.1. The Hall–Kier alpha value is -1.32. The highest BCUT2D eigenvalue weighted by atomic mass is 16.5. The average Bonchev–Trinajstić information content (AvgIpc) is 2.29. The van der Waals surface area contributed by atoms with Gasteiger partial charge in [0, 0.05) is 5.57 Å². The summed E-state index contributed by atoms with van der Waals surface area (Å²) in [6.45, 7) is 6.12. The van der Waals surface area contributed by atoms with Crippen LogP contribution in [0, 0.1) is 5.92 Å². The Balaban J connectivity index is 3.00. The van der Waals surface area contributed by atoms with E-state index in [2.05, 4.69) is 0 Å². The summed E-state index contributed by atoms with van der Waals surface area (Å²) in [6, 6.07) is 0. The maximum atomic E-state index is 11.8. The highest BCUT2D eigenvalue weighted by Gasteiger charge is 2.30. The summed E-state index contributed by atoms with van der Waals surface area (Å²) in [7, 11) is 0.